The zero-order valence-electron chi connectivity index (χ0n) is 12.7. The molecule has 1 aliphatic rings. The highest BCUT2D eigenvalue weighted by molar-refractivity contribution is 6.15. The van der Waals surface area contributed by atoms with Gasteiger partial charge in [0, 0.05) is 12.4 Å². The van der Waals surface area contributed by atoms with Crippen molar-refractivity contribution in [3.8, 4) is 0 Å². The van der Waals surface area contributed by atoms with Gasteiger partial charge in [-0.2, -0.15) is 5.10 Å². The Labute approximate surface area is 130 Å². The monoisotopic (exact) mass is 296 g/mol. The van der Waals surface area contributed by atoms with E-state index in [4.69, 9.17) is 0 Å². The van der Waals surface area contributed by atoms with E-state index in [1.807, 2.05) is 41.1 Å². The van der Waals surface area contributed by atoms with Gasteiger partial charge in [0.25, 0.3) is 5.91 Å². The first-order valence-electron chi connectivity index (χ1n) is 7.71. The highest BCUT2D eigenvalue weighted by Crippen LogP contribution is 2.27. The van der Waals surface area contributed by atoms with Crippen LogP contribution in [0.4, 0.5) is 5.69 Å². The molecule has 3 rings (SSSR count). The van der Waals surface area contributed by atoms with E-state index < -0.39 is 0 Å². The number of carbonyl (C=O) groups is 1. The van der Waals surface area contributed by atoms with E-state index in [2.05, 4.69) is 17.0 Å². The molecule has 0 spiro atoms. The Bertz CT molecular complexity index is 649. The number of benzene rings is 1. The molecule has 0 aliphatic carbocycles. The Kier molecular flexibility index (Phi) is 4.32. The predicted octanol–water partition coefficient (Wildman–Crippen LogP) is 3.09. The Hall–Kier alpha value is -2.43. The molecule has 1 atom stereocenters. The van der Waals surface area contributed by atoms with Gasteiger partial charge in [0.05, 0.1) is 30.2 Å². The van der Waals surface area contributed by atoms with Gasteiger partial charge in [-0.25, -0.2) is 9.99 Å². The van der Waals surface area contributed by atoms with Crippen molar-refractivity contribution in [2.45, 2.75) is 32.7 Å². The number of nitrogens with zero attached hydrogens (tertiary/aromatic N) is 4. The summed E-state index contributed by atoms with van der Waals surface area (Å²) in [5.41, 5.74) is 1.75. The molecular weight excluding hydrogens is 276 g/mol. The first-order chi connectivity index (χ1) is 10.8. The summed E-state index contributed by atoms with van der Waals surface area (Å²) < 4.78 is 1.96. The summed E-state index contributed by atoms with van der Waals surface area (Å²) >= 11 is 0. The lowest BCUT2D eigenvalue weighted by Crippen LogP contribution is -2.28. The Balaban J connectivity index is 1.86. The number of aromatic nitrogens is 2. The van der Waals surface area contributed by atoms with Gasteiger partial charge in [0.1, 0.15) is 0 Å². The lowest BCUT2D eigenvalue weighted by molar-refractivity contribution is -0.119. The van der Waals surface area contributed by atoms with Crippen molar-refractivity contribution in [3.63, 3.8) is 0 Å². The summed E-state index contributed by atoms with van der Waals surface area (Å²) in [6.07, 6.45) is 8.36. The van der Waals surface area contributed by atoms with Gasteiger partial charge in [0.15, 0.2) is 0 Å². The highest BCUT2D eigenvalue weighted by Gasteiger charge is 2.35. The standard InChI is InChI=1S/C17H20N4O/c1-2-3-9-15-16(12-20-11-10-18-13-20)19-21(17(15)22)14-7-5-4-6-8-14/h4-8,10-11,13,15H,2-3,9,12H2,1H3. The maximum absolute atomic E-state index is 12.7. The second kappa shape index (κ2) is 6.56. The molecule has 1 aromatic carbocycles. The van der Waals surface area contributed by atoms with Crippen LogP contribution in [0.5, 0.6) is 0 Å². The van der Waals surface area contributed by atoms with Gasteiger partial charge in [-0.3, -0.25) is 4.79 Å². The van der Waals surface area contributed by atoms with Gasteiger partial charge in [-0.05, 0) is 18.6 Å². The van der Waals surface area contributed by atoms with Crippen LogP contribution >= 0.6 is 0 Å². The van der Waals surface area contributed by atoms with Gasteiger partial charge in [-0.1, -0.05) is 38.0 Å². The summed E-state index contributed by atoms with van der Waals surface area (Å²) in [7, 11) is 0. The van der Waals surface area contributed by atoms with Crippen LogP contribution in [0.1, 0.15) is 26.2 Å². The van der Waals surface area contributed by atoms with Crippen LogP contribution in [0, 0.1) is 5.92 Å². The fraction of sp³-hybridized carbons (Fsp3) is 0.353. The number of imidazole rings is 1. The summed E-state index contributed by atoms with van der Waals surface area (Å²) in [5.74, 6) is -0.0441. The number of hydrogen-bond acceptors (Lipinski definition) is 3. The summed E-state index contributed by atoms with van der Waals surface area (Å²) in [6, 6.07) is 9.62. The normalized spacial score (nSPS) is 17.9. The first-order valence-corrected chi connectivity index (χ1v) is 7.71. The van der Waals surface area contributed by atoms with Gasteiger partial charge in [-0.15, -0.1) is 0 Å². The fourth-order valence-corrected chi connectivity index (χ4v) is 2.70. The Morgan fingerprint density at radius 2 is 2.05 bits per heavy atom. The number of unbranched alkanes of at least 4 members (excludes halogenated alkanes) is 1. The molecule has 5 nitrogen and oxygen atoms in total. The molecule has 0 radical (unpaired) electrons. The molecule has 1 amide bonds. The minimum Gasteiger partial charge on any atom is -0.332 e. The molecule has 2 aromatic rings. The van der Waals surface area contributed by atoms with Crippen molar-refractivity contribution in [2.75, 3.05) is 5.01 Å². The average Bonchev–Trinajstić information content (AvgIpc) is 3.16. The molecule has 0 bridgehead atoms. The molecule has 2 heterocycles. The third kappa shape index (κ3) is 2.93. The molecule has 1 aliphatic heterocycles. The van der Waals surface area contributed by atoms with Gasteiger partial charge < -0.3 is 4.57 Å². The van der Waals surface area contributed by atoms with Gasteiger partial charge in [0.2, 0.25) is 0 Å². The van der Waals surface area contributed by atoms with Crippen LogP contribution in [0.2, 0.25) is 0 Å². The molecule has 22 heavy (non-hydrogen) atoms. The highest BCUT2D eigenvalue weighted by atomic mass is 16.2. The van der Waals surface area contributed by atoms with E-state index in [0.717, 1.165) is 30.7 Å². The molecule has 0 saturated heterocycles. The second-order valence-electron chi connectivity index (χ2n) is 5.51. The topological polar surface area (TPSA) is 50.5 Å². The molecule has 0 fully saturated rings. The number of anilines is 1. The summed E-state index contributed by atoms with van der Waals surface area (Å²) in [4.78, 5) is 16.8. The fourth-order valence-electron chi connectivity index (χ4n) is 2.70. The van der Waals surface area contributed by atoms with Crippen molar-refractivity contribution in [2.24, 2.45) is 11.0 Å². The third-order valence-corrected chi connectivity index (χ3v) is 3.89. The minimum absolute atomic E-state index is 0.0785. The number of rotatable bonds is 6. The lowest BCUT2D eigenvalue weighted by atomic mass is 9.96. The molecule has 0 saturated carbocycles. The van der Waals surface area contributed by atoms with E-state index >= 15 is 0 Å². The number of para-hydroxylation sites is 1. The quantitative estimate of drug-likeness (QED) is 0.822. The van der Waals surface area contributed by atoms with Crippen LogP contribution in [-0.2, 0) is 11.3 Å². The van der Waals surface area contributed by atoms with Crippen LogP contribution in [-0.4, -0.2) is 21.2 Å². The van der Waals surface area contributed by atoms with E-state index in [9.17, 15) is 4.79 Å². The number of amides is 1. The van der Waals surface area contributed by atoms with Crippen LogP contribution in [0.25, 0.3) is 0 Å². The average molecular weight is 296 g/mol. The smallest absolute Gasteiger partial charge is 0.256 e. The van der Waals surface area contributed by atoms with E-state index in [1.165, 1.54) is 0 Å². The third-order valence-electron chi connectivity index (χ3n) is 3.89. The van der Waals surface area contributed by atoms with Crippen molar-refractivity contribution in [3.05, 3.63) is 49.1 Å². The molecular formula is C17H20N4O. The van der Waals surface area contributed by atoms with Crippen LogP contribution in [0.15, 0.2) is 54.2 Å². The van der Waals surface area contributed by atoms with E-state index in [0.29, 0.717) is 6.54 Å². The van der Waals surface area contributed by atoms with Gasteiger partial charge >= 0.3 is 0 Å². The number of hydrazone groups is 1. The summed E-state index contributed by atoms with van der Waals surface area (Å²) in [6.45, 7) is 2.75. The molecule has 114 valence electrons. The SMILES string of the molecule is CCCCC1C(=O)N(c2ccccc2)N=C1Cn1ccnc1. The van der Waals surface area contributed by atoms with Crippen molar-refractivity contribution >= 4 is 17.3 Å². The van der Waals surface area contributed by atoms with Crippen LogP contribution < -0.4 is 5.01 Å². The largest absolute Gasteiger partial charge is 0.332 e. The minimum atomic E-state index is -0.123. The van der Waals surface area contributed by atoms with Crippen molar-refractivity contribution < 1.29 is 4.79 Å². The maximum atomic E-state index is 12.7. The number of carbonyl (C=O) groups excluding carboxylic acids is 1. The predicted molar refractivity (Wildman–Crippen MR) is 86.6 cm³/mol. The zero-order valence-corrected chi connectivity index (χ0v) is 12.7. The molecule has 0 N–H and O–H groups in total. The van der Waals surface area contributed by atoms with Crippen LogP contribution in [0.3, 0.4) is 0 Å². The lowest BCUT2D eigenvalue weighted by Gasteiger charge is -2.14. The summed E-state index contributed by atoms with van der Waals surface area (Å²) in [5, 5.41) is 6.15. The van der Waals surface area contributed by atoms with E-state index in [-0.39, 0.29) is 11.8 Å². The number of hydrogen-bond donors (Lipinski definition) is 0. The Morgan fingerprint density at radius 1 is 1.23 bits per heavy atom. The van der Waals surface area contributed by atoms with E-state index in [1.54, 1.807) is 17.5 Å². The Morgan fingerprint density at radius 3 is 2.73 bits per heavy atom. The maximum Gasteiger partial charge on any atom is 0.256 e. The zero-order chi connectivity index (χ0) is 15.4. The van der Waals surface area contributed by atoms with Crippen molar-refractivity contribution in [1.82, 2.24) is 9.55 Å². The first kappa shape index (κ1) is 14.5. The van der Waals surface area contributed by atoms with Crippen molar-refractivity contribution in [1.29, 1.82) is 0 Å². The second-order valence-corrected chi connectivity index (χ2v) is 5.51. The molecule has 5 heteroatoms. The molecule has 1 aromatic heterocycles. The molecule has 1 unspecified atom stereocenters.